The Balaban J connectivity index is 1.67. The van der Waals surface area contributed by atoms with Gasteiger partial charge in [0, 0.05) is 17.1 Å². The quantitative estimate of drug-likeness (QED) is 0.578. The first-order chi connectivity index (χ1) is 13.6. The lowest BCUT2D eigenvalue weighted by atomic mass is 10.2. The van der Waals surface area contributed by atoms with Crippen molar-refractivity contribution >= 4 is 33.8 Å². The van der Waals surface area contributed by atoms with Crippen molar-refractivity contribution in [3.63, 3.8) is 0 Å². The maximum absolute atomic E-state index is 12.4. The zero-order valence-electron chi connectivity index (χ0n) is 15.8. The van der Waals surface area contributed by atoms with Crippen molar-refractivity contribution < 1.29 is 19.0 Å². The molecule has 0 radical (unpaired) electrons. The summed E-state index contributed by atoms with van der Waals surface area (Å²) >= 11 is 1.33. The average molecular weight is 399 g/mol. The SMILES string of the molecule is CCOc1ccc(NC(=O)c2csc(Nc3ccc(OC)cc3OC)n2)cc1. The van der Waals surface area contributed by atoms with Gasteiger partial charge in [-0.15, -0.1) is 11.3 Å². The van der Waals surface area contributed by atoms with Gasteiger partial charge in [-0.2, -0.15) is 0 Å². The van der Waals surface area contributed by atoms with Crippen molar-refractivity contribution in [2.75, 3.05) is 31.5 Å². The Morgan fingerprint density at radius 2 is 1.82 bits per heavy atom. The van der Waals surface area contributed by atoms with Crippen LogP contribution in [0.5, 0.6) is 17.2 Å². The molecule has 0 unspecified atom stereocenters. The highest BCUT2D eigenvalue weighted by Gasteiger charge is 2.13. The normalized spacial score (nSPS) is 10.2. The zero-order valence-corrected chi connectivity index (χ0v) is 16.6. The molecule has 0 spiro atoms. The molecule has 0 saturated heterocycles. The molecule has 1 amide bonds. The van der Waals surface area contributed by atoms with Crippen LogP contribution in [0.2, 0.25) is 0 Å². The highest BCUT2D eigenvalue weighted by Crippen LogP contribution is 2.32. The molecule has 0 fully saturated rings. The summed E-state index contributed by atoms with van der Waals surface area (Å²) in [5.41, 5.74) is 1.73. The van der Waals surface area contributed by atoms with Gasteiger partial charge in [0.2, 0.25) is 0 Å². The average Bonchev–Trinajstić information content (AvgIpc) is 3.18. The summed E-state index contributed by atoms with van der Waals surface area (Å²) in [4.78, 5) is 16.8. The number of anilines is 3. The zero-order chi connectivity index (χ0) is 19.9. The molecule has 2 N–H and O–H groups in total. The Morgan fingerprint density at radius 3 is 2.50 bits per heavy atom. The van der Waals surface area contributed by atoms with Crippen LogP contribution in [0.1, 0.15) is 17.4 Å². The van der Waals surface area contributed by atoms with Crippen molar-refractivity contribution in [1.29, 1.82) is 0 Å². The predicted molar refractivity (Wildman–Crippen MR) is 111 cm³/mol. The second-order valence-corrected chi connectivity index (χ2v) is 6.50. The van der Waals surface area contributed by atoms with Crippen LogP contribution in [0.4, 0.5) is 16.5 Å². The highest BCUT2D eigenvalue weighted by atomic mass is 32.1. The van der Waals surface area contributed by atoms with Gasteiger partial charge in [0.05, 0.1) is 26.5 Å². The molecule has 7 nitrogen and oxygen atoms in total. The Hall–Kier alpha value is -3.26. The highest BCUT2D eigenvalue weighted by molar-refractivity contribution is 7.14. The molecular weight excluding hydrogens is 378 g/mol. The predicted octanol–water partition coefficient (Wildman–Crippen LogP) is 4.55. The first-order valence-corrected chi connectivity index (χ1v) is 9.49. The maximum Gasteiger partial charge on any atom is 0.275 e. The lowest BCUT2D eigenvalue weighted by Gasteiger charge is -2.10. The monoisotopic (exact) mass is 399 g/mol. The largest absolute Gasteiger partial charge is 0.497 e. The minimum atomic E-state index is -0.282. The van der Waals surface area contributed by atoms with Crippen LogP contribution in [0.25, 0.3) is 0 Å². The standard InChI is InChI=1S/C20H21N3O4S/c1-4-27-14-7-5-13(6-8-14)21-19(24)17-12-28-20(23-17)22-16-10-9-15(25-2)11-18(16)26-3/h5-12H,4H2,1-3H3,(H,21,24)(H,22,23). The molecule has 3 aromatic rings. The molecule has 1 aromatic heterocycles. The van der Waals surface area contributed by atoms with Crippen molar-refractivity contribution in [2.45, 2.75) is 6.92 Å². The molecule has 8 heteroatoms. The molecule has 0 aliphatic heterocycles. The fourth-order valence-corrected chi connectivity index (χ4v) is 3.15. The number of amides is 1. The lowest BCUT2D eigenvalue weighted by Crippen LogP contribution is -2.12. The molecule has 0 aliphatic carbocycles. The summed E-state index contributed by atoms with van der Waals surface area (Å²) in [6.07, 6.45) is 0. The van der Waals surface area contributed by atoms with E-state index >= 15 is 0 Å². The van der Waals surface area contributed by atoms with Crippen LogP contribution in [0.3, 0.4) is 0 Å². The Morgan fingerprint density at radius 1 is 1.07 bits per heavy atom. The number of hydrogen-bond donors (Lipinski definition) is 2. The molecule has 0 atom stereocenters. The number of hydrogen-bond acceptors (Lipinski definition) is 7. The van der Waals surface area contributed by atoms with Gasteiger partial charge in [-0.05, 0) is 43.3 Å². The van der Waals surface area contributed by atoms with E-state index in [2.05, 4.69) is 15.6 Å². The topological polar surface area (TPSA) is 81.7 Å². The van der Waals surface area contributed by atoms with Crippen molar-refractivity contribution in [2.24, 2.45) is 0 Å². The number of carbonyl (C=O) groups excluding carboxylic acids is 1. The molecule has 1 heterocycles. The van der Waals surface area contributed by atoms with E-state index in [-0.39, 0.29) is 5.91 Å². The minimum Gasteiger partial charge on any atom is -0.497 e. The van der Waals surface area contributed by atoms with Crippen LogP contribution in [0, 0.1) is 0 Å². The number of benzene rings is 2. The fourth-order valence-electron chi connectivity index (χ4n) is 2.45. The summed E-state index contributed by atoms with van der Waals surface area (Å²) in [5.74, 6) is 1.79. The van der Waals surface area contributed by atoms with E-state index in [1.807, 2.05) is 31.2 Å². The van der Waals surface area contributed by atoms with E-state index in [0.29, 0.717) is 34.6 Å². The van der Waals surface area contributed by atoms with Gasteiger partial charge in [-0.1, -0.05) is 0 Å². The molecule has 0 aliphatic rings. The first-order valence-electron chi connectivity index (χ1n) is 8.61. The van der Waals surface area contributed by atoms with E-state index in [1.165, 1.54) is 11.3 Å². The van der Waals surface area contributed by atoms with Crippen LogP contribution >= 0.6 is 11.3 Å². The number of methoxy groups -OCH3 is 2. The molecule has 0 bridgehead atoms. The lowest BCUT2D eigenvalue weighted by molar-refractivity contribution is 0.102. The number of nitrogens with zero attached hydrogens (tertiary/aromatic N) is 1. The van der Waals surface area contributed by atoms with E-state index in [0.717, 1.165) is 11.4 Å². The van der Waals surface area contributed by atoms with Gasteiger partial charge in [-0.3, -0.25) is 4.79 Å². The van der Waals surface area contributed by atoms with E-state index in [1.54, 1.807) is 37.8 Å². The fraction of sp³-hybridized carbons (Fsp3) is 0.200. The van der Waals surface area contributed by atoms with Crippen LogP contribution in [0.15, 0.2) is 47.8 Å². The van der Waals surface area contributed by atoms with Crippen LogP contribution < -0.4 is 24.8 Å². The van der Waals surface area contributed by atoms with Crippen LogP contribution in [-0.4, -0.2) is 31.7 Å². The number of rotatable bonds is 8. The summed E-state index contributed by atoms with van der Waals surface area (Å²) in [5, 5.41) is 8.27. The Kier molecular flexibility index (Phi) is 6.33. The summed E-state index contributed by atoms with van der Waals surface area (Å²) in [6, 6.07) is 12.6. The molecule has 0 saturated carbocycles. The van der Waals surface area contributed by atoms with Gasteiger partial charge in [0.25, 0.3) is 5.91 Å². The third kappa shape index (κ3) is 4.72. The van der Waals surface area contributed by atoms with Crippen molar-refractivity contribution in [1.82, 2.24) is 4.98 Å². The number of carbonyl (C=O) groups is 1. The first kappa shape index (κ1) is 19.5. The van der Waals surface area contributed by atoms with Crippen molar-refractivity contribution in [3.8, 4) is 17.2 Å². The third-order valence-electron chi connectivity index (χ3n) is 3.81. The second-order valence-electron chi connectivity index (χ2n) is 5.64. The number of nitrogens with one attached hydrogen (secondary N) is 2. The second kappa shape index (κ2) is 9.09. The summed E-state index contributed by atoms with van der Waals surface area (Å²) in [7, 11) is 3.18. The van der Waals surface area contributed by atoms with Gasteiger partial charge in [0.15, 0.2) is 5.13 Å². The maximum atomic E-state index is 12.4. The summed E-state index contributed by atoms with van der Waals surface area (Å²) in [6.45, 7) is 2.52. The minimum absolute atomic E-state index is 0.282. The molecule has 3 rings (SSSR count). The Bertz CT molecular complexity index is 941. The van der Waals surface area contributed by atoms with E-state index in [4.69, 9.17) is 14.2 Å². The molecular formula is C20H21N3O4S. The number of thiazole rings is 1. The third-order valence-corrected chi connectivity index (χ3v) is 4.57. The summed E-state index contributed by atoms with van der Waals surface area (Å²) < 4.78 is 16.0. The number of ether oxygens (including phenoxy) is 3. The molecule has 2 aromatic carbocycles. The Labute approximate surface area is 167 Å². The number of aromatic nitrogens is 1. The van der Waals surface area contributed by atoms with Gasteiger partial charge < -0.3 is 24.8 Å². The van der Waals surface area contributed by atoms with Gasteiger partial charge >= 0.3 is 0 Å². The van der Waals surface area contributed by atoms with E-state index in [9.17, 15) is 4.79 Å². The van der Waals surface area contributed by atoms with Gasteiger partial charge in [0.1, 0.15) is 22.9 Å². The molecule has 28 heavy (non-hydrogen) atoms. The van der Waals surface area contributed by atoms with Gasteiger partial charge in [-0.25, -0.2) is 4.98 Å². The van der Waals surface area contributed by atoms with Crippen LogP contribution in [-0.2, 0) is 0 Å². The van der Waals surface area contributed by atoms with Crippen molar-refractivity contribution in [3.05, 3.63) is 53.5 Å². The molecule has 146 valence electrons. The smallest absolute Gasteiger partial charge is 0.275 e. The van der Waals surface area contributed by atoms with E-state index < -0.39 is 0 Å².